The molecule has 0 aromatic heterocycles. The lowest BCUT2D eigenvalue weighted by Crippen LogP contribution is -2.45. The molecule has 1 heterocycles. The van der Waals surface area contributed by atoms with Crippen molar-refractivity contribution in [2.75, 3.05) is 11.4 Å². The Labute approximate surface area is 115 Å². The SMILES string of the molecule is N#Cc1cccc(N2CCCCC2C(=O)O)c1[N+](=O)[O-]. The number of benzene rings is 1. The monoisotopic (exact) mass is 275 g/mol. The van der Waals surface area contributed by atoms with Gasteiger partial charge >= 0.3 is 11.7 Å². The molecule has 1 aliphatic rings. The zero-order chi connectivity index (χ0) is 14.7. The standard InChI is InChI=1S/C13H13N3O4/c14-8-9-4-3-6-10(12(9)16(19)20)15-7-2-1-5-11(15)13(17)18/h3-4,6,11H,1-2,5,7H2,(H,17,18). The number of anilines is 1. The van der Waals surface area contributed by atoms with Gasteiger partial charge in [-0.25, -0.2) is 4.79 Å². The average Bonchev–Trinajstić information content (AvgIpc) is 2.46. The Kier molecular flexibility index (Phi) is 3.84. The molecule has 1 fully saturated rings. The van der Waals surface area contributed by atoms with Crippen LogP contribution in [-0.4, -0.2) is 28.6 Å². The van der Waals surface area contributed by atoms with E-state index in [1.54, 1.807) is 6.07 Å². The molecule has 0 saturated carbocycles. The smallest absolute Gasteiger partial charge is 0.326 e. The van der Waals surface area contributed by atoms with Crippen molar-refractivity contribution < 1.29 is 14.8 Å². The topological polar surface area (TPSA) is 107 Å². The predicted octanol–water partition coefficient (Wildman–Crippen LogP) is 1.91. The summed E-state index contributed by atoms with van der Waals surface area (Å²) in [6, 6.07) is 5.40. The lowest BCUT2D eigenvalue weighted by molar-refractivity contribution is -0.384. The van der Waals surface area contributed by atoms with E-state index in [9.17, 15) is 20.0 Å². The molecule has 0 bridgehead atoms. The second-order valence-electron chi connectivity index (χ2n) is 4.59. The maximum absolute atomic E-state index is 11.3. The number of rotatable bonds is 3. The van der Waals surface area contributed by atoms with Crippen molar-refractivity contribution in [1.82, 2.24) is 0 Å². The summed E-state index contributed by atoms with van der Waals surface area (Å²) in [5.41, 5.74) is -0.161. The summed E-state index contributed by atoms with van der Waals surface area (Å²) in [6.45, 7) is 0.437. The second-order valence-corrected chi connectivity index (χ2v) is 4.59. The Hall–Kier alpha value is -2.62. The molecule has 0 radical (unpaired) electrons. The molecule has 1 N–H and O–H groups in total. The van der Waals surface area contributed by atoms with Gasteiger partial charge in [-0.15, -0.1) is 0 Å². The van der Waals surface area contributed by atoms with Gasteiger partial charge in [-0.1, -0.05) is 6.07 Å². The first-order chi connectivity index (χ1) is 9.56. The Balaban J connectivity index is 2.53. The van der Waals surface area contributed by atoms with Crippen molar-refractivity contribution in [2.24, 2.45) is 0 Å². The fraction of sp³-hybridized carbons (Fsp3) is 0.385. The first-order valence-corrected chi connectivity index (χ1v) is 6.23. The van der Waals surface area contributed by atoms with E-state index in [1.165, 1.54) is 23.1 Å². The molecule has 0 aliphatic carbocycles. The third-order valence-electron chi connectivity index (χ3n) is 3.42. The minimum absolute atomic E-state index is 0.0535. The number of hydrogen-bond acceptors (Lipinski definition) is 5. The molecular weight excluding hydrogens is 262 g/mol. The zero-order valence-corrected chi connectivity index (χ0v) is 10.7. The van der Waals surface area contributed by atoms with Crippen LogP contribution in [0.25, 0.3) is 0 Å². The lowest BCUT2D eigenvalue weighted by Gasteiger charge is -2.34. The highest BCUT2D eigenvalue weighted by Gasteiger charge is 2.33. The largest absolute Gasteiger partial charge is 0.480 e. The predicted molar refractivity (Wildman–Crippen MR) is 70.4 cm³/mol. The summed E-state index contributed by atoms with van der Waals surface area (Å²) in [5.74, 6) is -0.999. The summed E-state index contributed by atoms with van der Waals surface area (Å²) in [7, 11) is 0. The van der Waals surface area contributed by atoms with Crippen LogP contribution >= 0.6 is 0 Å². The van der Waals surface area contributed by atoms with Gasteiger partial charge in [0.1, 0.15) is 23.4 Å². The van der Waals surface area contributed by atoms with Crippen molar-refractivity contribution >= 4 is 17.3 Å². The molecule has 20 heavy (non-hydrogen) atoms. The van der Waals surface area contributed by atoms with Crippen LogP contribution in [0.2, 0.25) is 0 Å². The van der Waals surface area contributed by atoms with E-state index in [2.05, 4.69) is 0 Å². The first-order valence-electron chi connectivity index (χ1n) is 6.23. The van der Waals surface area contributed by atoms with Gasteiger partial charge < -0.3 is 10.0 Å². The van der Waals surface area contributed by atoms with E-state index in [0.29, 0.717) is 13.0 Å². The average molecular weight is 275 g/mol. The van der Waals surface area contributed by atoms with Gasteiger partial charge in [-0.2, -0.15) is 5.26 Å². The molecule has 1 atom stereocenters. The minimum atomic E-state index is -0.999. The van der Waals surface area contributed by atoms with E-state index in [-0.39, 0.29) is 16.9 Å². The number of nitro benzene ring substituents is 1. The van der Waals surface area contributed by atoms with E-state index in [1.807, 2.05) is 0 Å². The highest BCUT2D eigenvalue weighted by Crippen LogP contribution is 2.35. The summed E-state index contributed by atoms with van der Waals surface area (Å²) in [6.07, 6.45) is 2.00. The summed E-state index contributed by atoms with van der Waals surface area (Å²) < 4.78 is 0. The van der Waals surface area contributed by atoms with Gasteiger partial charge in [-0.3, -0.25) is 10.1 Å². The maximum atomic E-state index is 11.3. The van der Waals surface area contributed by atoms with E-state index in [0.717, 1.165) is 12.8 Å². The molecule has 0 spiro atoms. The van der Waals surface area contributed by atoms with Gasteiger partial charge in [0.05, 0.1) is 4.92 Å². The molecular formula is C13H13N3O4. The van der Waals surface area contributed by atoms with Gasteiger partial charge in [0.25, 0.3) is 0 Å². The number of carbonyl (C=O) groups is 1. The zero-order valence-electron chi connectivity index (χ0n) is 10.7. The van der Waals surface area contributed by atoms with Crippen molar-refractivity contribution in [2.45, 2.75) is 25.3 Å². The number of aliphatic carboxylic acids is 1. The van der Waals surface area contributed by atoms with Crippen LogP contribution in [-0.2, 0) is 4.79 Å². The number of carboxylic acid groups (broad SMARTS) is 1. The number of piperidine rings is 1. The second kappa shape index (κ2) is 5.57. The van der Waals surface area contributed by atoms with Crippen LogP contribution < -0.4 is 4.90 Å². The third kappa shape index (κ3) is 2.40. The molecule has 2 rings (SSSR count). The number of hydrogen-bond donors (Lipinski definition) is 1. The number of nitro groups is 1. The highest BCUT2D eigenvalue weighted by atomic mass is 16.6. The molecule has 104 valence electrons. The maximum Gasteiger partial charge on any atom is 0.326 e. The molecule has 7 heteroatoms. The number of nitrogens with zero attached hydrogens (tertiary/aromatic N) is 3. The molecule has 7 nitrogen and oxygen atoms in total. The van der Waals surface area contributed by atoms with Gasteiger partial charge in [0, 0.05) is 6.54 Å². The normalized spacial score (nSPS) is 18.4. The van der Waals surface area contributed by atoms with Crippen LogP contribution in [0.5, 0.6) is 0 Å². The van der Waals surface area contributed by atoms with Crippen molar-refractivity contribution in [3.63, 3.8) is 0 Å². The summed E-state index contributed by atoms with van der Waals surface area (Å²) >= 11 is 0. The van der Waals surface area contributed by atoms with Gasteiger partial charge in [-0.05, 0) is 31.4 Å². The van der Waals surface area contributed by atoms with Gasteiger partial charge in [0.2, 0.25) is 0 Å². The highest BCUT2D eigenvalue weighted by molar-refractivity contribution is 5.81. The Morgan fingerprint density at radius 2 is 2.25 bits per heavy atom. The quantitative estimate of drug-likeness (QED) is 0.666. The minimum Gasteiger partial charge on any atom is -0.480 e. The van der Waals surface area contributed by atoms with Crippen molar-refractivity contribution in [3.05, 3.63) is 33.9 Å². The van der Waals surface area contributed by atoms with Crippen LogP contribution in [0.4, 0.5) is 11.4 Å². The van der Waals surface area contributed by atoms with Crippen LogP contribution in [0, 0.1) is 21.4 Å². The van der Waals surface area contributed by atoms with Crippen molar-refractivity contribution in [1.29, 1.82) is 5.26 Å². The molecule has 1 saturated heterocycles. The Morgan fingerprint density at radius 3 is 2.85 bits per heavy atom. The van der Waals surface area contributed by atoms with E-state index < -0.39 is 16.9 Å². The summed E-state index contributed by atoms with van der Waals surface area (Å²) in [4.78, 5) is 23.4. The number of para-hydroxylation sites is 1. The molecule has 1 aliphatic heterocycles. The molecule has 1 aromatic carbocycles. The van der Waals surface area contributed by atoms with E-state index >= 15 is 0 Å². The fourth-order valence-corrected chi connectivity index (χ4v) is 2.52. The molecule has 0 amide bonds. The third-order valence-corrected chi connectivity index (χ3v) is 3.42. The van der Waals surface area contributed by atoms with Crippen LogP contribution in [0.3, 0.4) is 0 Å². The number of nitriles is 1. The van der Waals surface area contributed by atoms with Gasteiger partial charge in [0.15, 0.2) is 0 Å². The first kappa shape index (κ1) is 13.8. The van der Waals surface area contributed by atoms with Crippen LogP contribution in [0.1, 0.15) is 24.8 Å². The molecule has 1 aromatic rings. The Morgan fingerprint density at radius 1 is 1.50 bits per heavy atom. The van der Waals surface area contributed by atoms with E-state index in [4.69, 9.17) is 5.26 Å². The van der Waals surface area contributed by atoms with Crippen LogP contribution in [0.15, 0.2) is 18.2 Å². The summed E-state index contributed by atoms with van der Waals surface area (Å²) in [5, 5.41) is 29.4. The fourth-order valence-electron chi connectivity index (χ4n) is 2.52. The molecule has 1 unspecified atom stereocenters. The lowest BCUT2D eigenvalue weighted by atomic mass is 10.00. The van der Waals surface area contributed by atoms with Crippen molar-refractivity contribution in [3.8, 4) is 6.07 Å². The Bertz CT molecular complexity index is 594. The number of carboxylic acids is 1.